The lowest BCUT2D eigenvalue weighted by Gasteiger charge is -2.12. The molecule has 1 amide bonds. The Morgan fingerprint density at radius 2 is 1.79 bits per heavy atom. The number of amides is 1. The van der Waals surface area contributed by atoms with Gasteiger partial charge in [0, 0.05) is 12.1 Å². The third-order valence-electron chi connectivity index (χ3n) is 4.07. The van der Waals surface area contributed by atoms with E-state index in [9.17, 15) is 9.59 Å². The quantitative estimate of drug-likeness (QED) is 0.726. The molecule has 0 unspecified atom stereocenters. The van der Waals surface area contributed by atoms with Crippen molar-refractivity contribution in [2.24, 2.45) is 5.10 Å². The third-order valence-corrected chi connectivity index (χ3v) is 4.07. The molecular formula is C18H14N4O2. The monoisotopic (exact) mass is 318 g/mol. The Morgan fingerprint density at radius 1 is 1.04 bits per heavy atom. The molecule has 0 bridgehead atoms. The molecule has 3 aromatic rings. The van der Waals surface area contributed by atoms with Crippen molar-refractivity contribution in [3.8, 4) is 0 Å². The van der Waals surface area contributed by atoms with Crippen LogP contribution in [0, 0.1) is 0 Å². The maximum Gasteiger partial charge on any atom is 0.281 e. The number of hydrogen-bond acceptors (Lipinski definition) is 4. The van der Waals surface area contributed by atoms with Gasteiger partial charge in [-0.05, 0) is 25.1 Å². The molecule has 0 radical (unpaired) electrons. The van der Waals surface area contributed by atoms with Crippen LogP contribution >= 0.6 is 0 Å². The number of para-hydroxylation sites is 2. The standard InChI is InChI=1S/C18H14N4O2/c1-2-21-15-10-6-4-8-13(15)16(18(21)24)20-22-11-19-14-9-5-3-7-12(14)17(22)23/h3-11H,2H2,1H3/b20-16+. The SMILES string of the molecule is CCN1C(=O)/C(=N/n2cnc3ccccc3c2=O)c2ccccc21. The average molecular weight is 318 g/mol. The Kier molecular flexibility index (Phi) is 3.23. The fourth-order valence-electron chi connectivity index (χ4n) is 2.91. The molecule has 0 N–H and O–H groups in total. The van der Waals surface area contributed by atoms with Gasteiger partial charge in [-0.15, -0.1) is 0 Å². The van der Waals surface area contributed by atoms with Crippen LogP contribution in [0.15, 0.2) is 64.8 Å². The Balaban J connectivity index is 1.92. The van der Waals surface area contributed by atoms with Crippen LogP contribution < -0.4 is 10.5 Å². The van der Waals surface area contributed by atoms with Crippen molar-refractivity contribution in [3.05, 3.63) is 70.8 Å². The smallest absolute Gasteiger partial charge is 0.281 e. The normalized spacial score (nSPS) is 15.3. The highest BCUT2D eigenvalue weighted by Crippen LogP contribution is 2.28. The zero-order valence-electron chi connectivity index (χ0n) is 13.0. The molecule has 0 aliphatic carbocycles. The summed E-state index contributed by atoms with van der Waals surface area (Å²) in [6.07, 6.45) is 1.35. The maximum atomic E-state index is 12.6. The Hall–Kier alpha value is -3.28. The van der Waals surface area contributed by atoms with Crippen molar-refractivity contribution in [2.45, 2.75) is 6.92 Å². The molecule has 4 rings (SSSR count). The lowest BCUT2D eigenvalue weighted by Crippen LogP contribution is -2.31. The fraction of sp³-hybridized carbons (Fsp3) is 0.111. The number of aromatic nitrogens is 2. The van der Waals surface area contributed by atoms with E-state index in [0.29, 0.717) is 17.4 Å². The summed E-state index contributed by atoms with van der Waals surface area (Å²) in [4.78, 5) is 31.1. The third kappa shape index (κ3) is 2.04. The van der Waals surface area contributed by atoms with Crippen molar-refractivity contribution < 1.29 is 4.79 Å². The van der Waals surface area contributed by atoms with Gasteiger partial charge in [0.2, 0.25) is 0 Å². The number of fused-ring (bicyclic) bond motifs is 2. The molecule has 1 aliphatic heterocycles. The summed E-state index contributed by atoms with van der Waals surface area (Å²) < 4.78 is 1.13. The topological polar surface area (TPSA) is 67.6 Å². The van der Waals surface area contributed by atoms with Gasteiger partial charge in [0.15, 0.2) is 5.71 Å². The van der Waals surface area contributed by atoms with E-state index in [4.69, 9.17) is 0 Å². The van der Waals surface area contributed by atoms with E-state index in [-0.39, 0.29) is 17.2 Å². The molecule has 6 nitrogen and oxygen atoms in total. The maximum absolute atomic E-state index is 12.6. The average Bonchev–Trinajstić information content (AvgIpc) is 2.89. The first-order chi connectivity index (χ1) is 11.7. The van der Waals surface area contributed by atoms with E-state index in [1.807, 2.05) is 37.3 Å². The minimum atomic E-state index is -0.298. The molecule has 0 spiro atoms. The van der Waals surface area contributed by atoms with Gasteiger partial charge in [-0.1, -0.05) is 30.3 Å². The Morgan fingerprint density at radius 3 is 2.62 bits per heavy atom. The summed E-state index contributed by atoms with van der Waals surface area (Å²) in [7, 11) is 0. The van der Waals surface area contributed by atoms with Crippen molar-refractivity contribution >= 4 is 28.2 Å². The minimum absolute atomic E-state index is 0.209. The van der Waals surface area contributed by atoms with Crippen LogP contribution in [0.4, 0.5) is 5.69 Å². The zero-order chi connectivity index (χ0) is 16.7. The molecule has 0 saturated heterocycles. The molecule has 1 aliphatic rings. The van der Waals surface area contributed by atoms with E-state index in [2.05, 4.69) is 10.1 Å². The van der Waals surface area contributed by atoms with Crippen LogP contribution in [-0.4, -0.2) is 27.8 Å². The number of anilines is 1. The molecule has 0 fully saturated rings. The van der Waals surface area contributed by atoms with Gasteiger partial charge in [-0.3, -0.25) is 9.59 Å². The molecule has 0 saturated carbocycles. The second kappa shape index (κ2) is 5.42. The highest BCUT2D eigenvalue weighted by atomic mass is 16.2. The summed E-state index contributed by atoms with van der Waals surface area (Å²) >= 11 is 0. The van der Waals surface area contributed by atoms with Crippen LogP contribution in [0.2, 0.25) is 0 Å². The van der Waals surface area contributed by atoms with Crippen molar-refractivity contribution in [2.75, 3.05) is 11.4 Å². The van der Waals surface area contributed by atoms with Crippen LogP contribution in [0.3, 0.4) is 0 Å². The Bertz CT molecular complexity index is 1050. The van der Waals surface area contributed by atoms with E-state index in [0.717, 1.165) is 15.9 Å². The number of nitrogens with zero attached hydrogens (tertiary/aromatic N) is 4. The van der Waals surface area contributed by atoms with Gasteiger partial charge >= 0.3 is 0 Å². The van der Waals surface area contributed by atoms with Gasteiger partial charge in [0.25, 0.3) is 11.5 Å². The highest BCUT2D eigenvalue weighted by Gasteiger charge is 2.33. The molecule has 118 valence electrons. The number of carbonyl (C=O) groups is 1. The number of benzene rings is 2. The lowest BCUT2D eigenvalue weighted by molar-refractivity contribution is -0.112. The van der Waals surface area contributed by atoms with Gasteiger partial charge in [0.05, 0.1) is 16.6 Å². The van der Waals surface area contributed by atoms with Crippen LogP contribution in [-0.2, 0) is 4.79 Å². The number of rotatable bonds is 2. The van der Waals surface area contributed by atoms with Crippen LogP contribution in [0.25, 0.3) is 10.9 Å². The Labute approximate surface area is 137 Å². The van der Waals surface area contributed by atoms with Crippen LogP contribution in [0.5, 0.6) is 0 Å². The second-order valence-corrected chi connectivity index (χ2v) is 5.43. The predicted octanol–water partition coefficient (Wildman–Crippen LogP) is 2.02. The molecule has 24 heavy (non-hydrogen) atoms. The number of hydrogen-bond donors (Lipinski definition) is 0. The molecular weight excluding hydrogens is 304 g/mol. The second-order valence-electron chi connectivity index (χ2n) is 5.43. The summed E-state index contributed by atoms with van der Waals surface area (Å²) in [5, 5.41) is 4.76. The van der Waals surface area contributed by atoms with Gasteiger partial charge in [-0.2, -0.15) is 9.78 Å². The largest absolute Gasteiger partial charge is 0.307 e. The van der Waals surface area contributed by atoms with Gasteiger partial charge < -0.3 is 4.90 Å². The van der Waals surface area contributed by atoms with Crippen LogP contribution in [0.1, 0.15) is 12.5 Å². The van der Waals surface area contributed by atoms with Gasteiger partial charge in [0.1, 0.15) is 6.33 Å². The van der Waals surface area contributed by atoms with E-state index < -0.39 is 0 Å². The summed E-state index contributed by atoms with van der Waals surface area (Å²) in [5.74, 6) is -0.209. The van der Waals surface area contributed by atoms with Crippen molar-refractivity contribution in [3.63, 3.8) is 0 Å². The van der Waals surface area contributed by atoms with E-state index >= 15 is 0 Å². The molecule has 6 heteroatoms. The fourth-order valence-corrected chi connectivity index (χ4v) is 2.91. The highest BCUT2D eigenvalue weighted by molar-refractivity contribution is 6.54. The molecule has 0 atom stereocenters. The van der Waals surface area contributed by atoms with E-state index in [1.54, 1.807) is 23.1 Å². The number of carbonyl (C=O) groups excluding carboxylic acids is 1. The number of likely N-dealkylation sites (N-methyl/N-ethyl adjacent to an activating group) is 1. The first-order valence-corrected chi connectivity index (χ1v) is 7.67. The minimum Gasteiger partial charge on any atom is -0.307 e. The first kappa shape index (κ1) is 14.3. The van der Waals surface area contributed by atoms with Crippen molar-refractivity contribution in [1.29, 1.82) is 0 Å². The lowest BCUT2D eigenvalue weighted by atomic mass is 10.1. The van der Waals surface area contributed by atoms with Crippen molar-refractivity contribution in [1.82, 2.24) is 9.66 Å². The summed E-state index contributed by atoms with van der Waals surface area (Å²) in [6.45, 7) is 2.45. The predicted molar refractivity (Wildman–Crippen MR) is 92.4 cm³/mol. The molecule has 2 aromatic carbocycles. The summed E-state index contributed by atoms with van der Waals surface area (Å²) in [6, 6.07) is 14.5. The van der Waals surface area contributed by atoms with Gasteiger partial charge in [-0.25, -0.2) is 4.98 Å². The summed E-state index contributed by atoms with van der Waals surface area (Å²) in [5.41, 5.74) is 2.10. The van der Waals surface area contributed by atoms with E-state index in [1.165, 1.54) is 6.33 Å². The first-order valence-electron chi connectivity index (χ1n) is 7.67. The molecule has 1 aromatic heterocycles. The molecule has 2 heterocycles. The zero-order valence-corrected chi connectivity index (χ0v) is 13.0.